The summed E-state index contributed by atoms with van der Waals surface area (Å²) in [5.41, 5.74) is 0. The minimum atomic E-state index is -0.0189. The van der Waals surface area contributed by atoms with Crippen molar-refractivity contribution in [2.45, 2.75) is 25.7 Å². The summed E-state index contributed by atoms with van der Waals surface area (Å²) in [6.07, 6.45) is 2.65. The lowest BCUT2D eigenvalue weighted by atomic mass is 9.95. The molecule has 2 fully saturated rings. The first kappa shape index (κ1) is 24.0. The molecular weight excluding hydrogens is 408 g/mol. The Morgan fingerprint density at radius 1 is 0.938 bits per heavy atom. The standard InChI is InChI=1S/C24H36N4O4/c1-25(2)23(30)19-26-12-6-13-28(17-16-26)24(31)20-9-14-27(15-10-20)22(29)11-18-32-21-7-4-3-5-8-21/h3-5,7-8,20H,6,9-19H2,1-2H3. The summed E-state index contributed by atoms with van der Waals surface area (Å²) in [7, 11) is 3.53. The van der Waals surface area contributed by atoms with Crippen molar-refractivity contribution in [3.63, 3.8) is 0 Å². The van der Waals surface area contributed by atoms with Crippen molar-refractivity contribution in [2.75, 3.05) is 66.5 Å². The molecule has 32 heavy (non-hydrogen) atoms. The highest BCUT2D eigenvalue weighted by Crippen LogP contribution is 2.21. The monoisotopic (exact) mass is 444 g/mol. The Hall–Kier alpha value is -2.61. The van der Waals surface area contributed by atoms with Gasteiger partial charge in [-0.25, -0.2) is 0 Å². The summed E-state index contributed by atoms with van der Waals surface area (Å²) in [5.74, 6) is 1.13. The van der Waals surface area contributed by atoms with E-state index in [-0.39, 0.29) is 23.6 Å². The van der Waals surface area contributed by atoms with Crippen molar-refractivity contribution < 1.29 is 19.1 Å². The topological polar surface area (TPSA) is 73.4 Å². The summed E-state index contributed by atoms with van der Waals surface area (Å²) in [4.78, 5) is 45.1. The number of amides is 3. The molecule has 2 aliphatic rings. The first-order valence-electron chi connectivity index (χ1n) is 11.6. The van der Waals surface area contributed by atoms with E-state index < -0.39 is 0 Å². The van der Waals surface area contributed by atoms with Gasteiger partial charge < -0.3 is 19.4 Å². The number of ether oxygens (including phenoxy) is 1. The van der Waals surface area contributed by atoms with Gasteiger partial charge in [0.2, 0.25) is 17.7 Å². The minimum absolute atomic E-state index is 0.0189. The molecule has 0 N–H and O–H groups in total. The third kappa shape index (κ3) is 6.95. The zero-order valence-corrected chi connectivity index (χ0v) is 19.4. The molecule has 0 unspecified atom stereocenters. The van der Waals surface area contributed by atoms with Gasteiger partial charge in [-0.1, -0.05) is 18.2 Å². The lowest BCUT2D eigenvalue weighted by Crippen LogP contribution is -2.45. The second-order valence-corrected chi connectivity index (χ2v) is 8.81. The van der Waals surface area contributed by atoms with E-state index in [1.165, 1.54) is 0 Å². The molecule has 2 aliphatic heterocycles. The molecule has 0 bridgehead atoms. The van der Waals surface area contributed by atoms with E-state index in [0.29, 0.717) is 52.0 Å². The fourth-order valence-electron chi connectivity index (χ4n) is 4.25. The van der Waals surface area contributed by atoms with Crippen LogP contribution < -0.4 is 4.74 Å². The summed E-state index contributed by atoms with van der Waals surface area (Å²) in [6.45, 7) is 4.98. The van der Waals surface area contributed by atoms with Gasteiger partial charge >= 0.3 is 0 Å². The van der Waals surface area contributed by atoms with Crippen LogP contribution in [0.3, 0.4) is 0 Å². The smallest absolute Gasteiger partial charge is 0.236 e. The maximum absolute atomic E-state index is 13.1. The first-order chi connectivity index (χ1) is 15.4. The highest BCUT2D eigenvalue weighted by atomic mass is 16.5. The normalized spacial score (nSPS) is 18.2. The Kier molecular flexibility index (Phi) is 8.90. The van der Waals surface area contributed by atoms with Crippen LogP contribution in [-0.4, -0.2) is 104 Å². The summed E-state index contributed by atoms with van der Waals surface area (Å²) >= 11 is 0. The Morgan fingerprint density at radius 2 is 1.66 bits per heavy atom. The van der Waals surface area contributed by atoms with Gasteiger partial charge in [0, 0.05) is 59.3 Å². The van der Waals surface area contributed by atoms with Gasteiger partial charge in [-0.3, -0.25) is 19.3 Å². The van der Waals surface area contributed by atoms with E-state index in [9.17, 15) is 14.4 Å². The maximum Gasteiger partial charge on any atom is 0.236 e. The summed E-state index contributed by atoms with van der Waals surface area (Å²) < 4.78 is 5.63. The molecule has 8 heteroatoms. The largest absolute Gasteiger partial charge is 0.493 e. The van der Waals surface area contributed by atoms with Gasteiger partial charge in [-0.15, -0.1) is 0 Å². The molecule has 0 saturated carbocycles. The van der Waals surface area contributed by atoms with Gasteiger partial charge in [-0.05, 0) is 31.4 Å². The third-order valence-corrected chi connectivity index (χ3v) is 6.28. The Labute approximate surface area is 191 Å². The van der Waals surface area contributed by atoms with Crippen LogP contribution in [0.25, 0.3) is 0 Å². The van der Waals surface area contributed by atoms with Crippen LogP contribution in [0.5, 0.6) is 5.75 Å². The van der Waals surface area contributed by atoms with Crippen LogP contribution in [0.15, 0.2) is 30.3 Å². The van der Waals surface area contributed by atoms with E-state index in [4.69, 9.17) is 4.74 Å². The van der Waals surface area contributed by atoms with Crippen LogP contribution in [0.2, 0.25) is 0 Å². The third-order valence-electron chi connectivity index (χ3n) is 6.28. The highest BCUT2D eigenvalue weighted by Gasteiger charge is 2.31. The SMILES string of the molecule is CN(C)C(=O)CN1CCCN(C(=O)C2CCN(C(=O)CCOc3ccccc3)CC2)CC1. The van der Waals surface area contributed by atoms with Crippen LogP contribution in [0.1, 0.15) is 25.7 Å². The average Bonchev–Trinajstić information content (AvgIpc) is 3.05. The quantitative estimate of drug-likeness (QED) is 0.634. The van der Waals surface area contributed by atoms with E-state index >= 15 is 0 Å². The number of carbonyl (C=O) groups is 3. The van der Waals surface area contributed by atoms with Crippen molar-refractivity contribution in [3.8, 4) is 5.75 Å². The molecule has 1 aromatic rings. The number of carbonyl (C=O) groups excluding carboxylic acids is 3. The zero-order valence-electron chi connectivity index (χ0n) is 19.4. The van der Waals surface area contributed by atoms with Crippen LogP contribution in [0, 0.1) is 5.92 Å². The average molecular weight is 445 g/mol. The summed E-state index contributed by atoms with van der Waals surface area (Å²) in [5, 5.41) is 0. The molecule has 0 aromatic heterocycles. The predicted octanol–water partition coefficient (Wildman–Crippen LogP) is 1.32. The lowest BCUT2D eigenvalue weighted by Gasteiger charge is -2.34. The maximum atomic E-state index is 13.1. The van der Waals surface area contributed by atoms with Crippen LogP contribution >= 0.6 is 0 Å². The fraction of sp³-hybridized carbons (Fsp3) is 0.625. The molecule has 0 spiro atoms. The van der Waals surface area contributed by atoms with E-state index in [1.807, 2.05) is 40.1 Å². The van der Waals surface area contributed by atoms with E-state index in [1.54, 1.807) is 19.0 Å². The fourth-order valence-corrected chi connectivity index (χ4v) is 4.25. The second kappa shape index (κ2) is 11.9. The summed E-state index contributed by atoms with van der Waals surface area (Å²) in [6, 6.07) is 9.50. The Bertz CT molecular complexity index is 763. The van der Waals surface area contributed by atoms with Crippen molar-refractivity contribution in [3.05, 3.63) is 30.3 Å². The molecule has 0 radical (unpaired) electrons. The lowest BCUT2D eigenvalue weighted by molar-refractivity contribution is -0.140. The molecule has 8 nitrogen and oxygen atoms in total. The van der Waals surface area contributed by atoms with E-state index in [0.717, 1.165) is 31.8 Å². The van der Waals surface area contributed by atoms with Gasteiger partial charge in [-0.2, -0.15) is 0 Å². The van der Waals surface area contributed by atoms with Crippen molar-refractivity contribution in [1.82, 2.24) is 19.6 Å². The van der Waals surface area contributed by atoms with Gasteiger partial charge in [0.05, 0.1) is 19.6 Å². The molecule has 0 aliphatic carbocycles. The van der Waals surface area contributed by atoms with Gasteiger partial charge in [0.15, 0.2) is 0 Å². The first-order valence-corrected chi connectivity index (χ1v) is 11.6. The van der Waals surface area contributed by atoms with Crippen molar-refractivity contribution >= 4 is 17.7 Å². The molecule has 176 valence electrons. The van der Waals surface area contributed by atoms with E-state index in [2.05, 4.69) is 4.90 Å². The molecule has 3 amide bonds. The number of para-hydroxylation sites is 1. The van der Waals surface area contributed by atoms with Crippen molar-refractivity contribution in [2.24, 2.45) is 5.92 Å². The number of likely N-dealkylation sites (tertiary alicyclic amines) is 1. The second-order valence-electron chi connectivity index (χ2n) is 8.81. The predicted molar refractivity (Wildman–Crippen MR) is 122 cm³/mol. The molecule has 0 atom stereocenters. The minimum Gasteiger partial charge on any atom is -0.493 e. The molecular formula is C24H36N4O4. The number of benzene rings is 1. The van der Waals surface area contributed by atoms with Crippen LogP contribution in [-0.2, 0) is 14.4 Å². The number of piperidine rings is 1. The molecule has 3 rings (SSSR count). The van der Waals surface area contributed by atoms with Gasteiger partial charge in [0.1, 0.15) is 5.75 Å². The number of rotatable bonds is 7. The number of hydrogen-bond acceptors (Lipinski definition) is 5. The molecule has 1 aromatic carbocycles. The number of likely N-dealkylation sites (N-methyl/N-ethyl adjacent to an activating group) is 1. The molecule has 2 heterocycles. The zero-order chi connectivity index (χ0) is 22.9. The Morgan fingerprint density at radius 3 is 2.34 bits per heavy atom. The molecule has 2 saturated heterocycles. The number of hydrogen-bond donors (Lipinski definition) is 0. The number of nitrogens with zero attached hydrogens (tertiary/aromatic N) is 4. The van der Waals surface area contributed by atoms with Gasteiger partial charge in [0.25, 0.3) is 0 Å². The van der Waals surface area contributed by atoms with Crippen molar-refractivity contribution in [1.29, 1.82) is 0 Å². The van der Waals surface area contributed by atoms with Crippen LogP contribution in [0.4, 0.5) is 0 Å². The Balaban J connectivity index is 1.38. The highest BCUT2D eigenvalue weighted by molar-refractivity contribution is 5.80.